The van der Waals surface area contributed by atoms with Crippen LogP contribution in [0.3, 0.4) is 0 Å². The summed E-state index contributed by atoms with van der Waals surface area (Å²) >= 11 is 3.28. The van der Waals surface area contributed by atoms with Gasteiger partial charge in [0.25, 0.3) is 0 Å². The first-order valence-corrected chi connectivity index (χ1v) is 7.43. The molecule has 0 aliphatic rings. The van der Waals surface area contributed by atoms with Gasteiger partial charge in [0.1, 0.15) is 5.76 Å². The maximum Gasteiger partial charge on any atom is 0.411 e. The van der Waals surface area contributed by atoms with E-state index in [9.17, 15) is 4.79 Å². The Hall–Kier alpha value is -1.95. The van der Waals surface area contributed by atoms with Crippen LogP contribution in [-0.2, 0) is 4.74 Å². The molecule has 1 aromatic heterocycles. The zero-order valence-electron chi connectivity index (χ0n) is 11.9. The molecular formula is C15H17BrN2O3. The van der Waals surface area contributed by atoms with Crippen molar-refractivity contribution >= 4 is 33.4 Å². The number of carbonyl (C=O) groups is 1. The maximum atomic E-state index is 11.3. The Morgan fingerprint density at radius 2 is 1.90 bits per heavy atom. The predicted molar refractivity (Wildman–Crippen MR) is 85.5 cm³/mol. The molecule has 21 heavy (non-hydrogen) atoms. The average Bonchev–Trinajstić information content (AvgIpc) is 2.88. The second-order valence-corrected chi connectivity index (χ2v) is 5.21. The summed E-state index contributed by atoms with van der Waals surface area (Å²) < 4.78 is 11.0. The Balaban J connectivity index is 1.94. The molecule has 5 nitrogen and oxygen atoms in total. The molecule has 0 saturated carbocycles. The number of benzene rings is 1. The van der Waals surface area contributed by atoms with Crippen LogP contribution in [0, 0.1) is 0 Å². The lowest BCUT2D eigenvalue weighted by Crippen LogP contribution is -2.13. The van der Waals surface area contributed by atoms with E-state index in [1.54, 1.807) is 6.92 Å². The Kier molecular flexibility index (Phi) is 5.27. The highest BCUT2D eigenvalue weighted by Crippen LogP contribution is 2.24. The zero-order chi connectivity index (χ0) is 15.2. The quantitative estimate of drug-likeness (QED) is 0.812. The van der Waals surface area contributed by atoms with E-state index in [1.807, 2.05) is 43.3 Å². The SMILES string of the molecule is CCOC(=O)Nc1ccc(NC(C)c2ccc(Br)o2)cc1. The summed E-state index contributed by atoms with van der Waals surface area (Å²) in [4.78, 5) is 11.3. The van der Waals surface area contributed by atoms with Gasteiger partial charge in [-0.1, -0.05) is 0 Å². The van der Waals surface area contributed by atoms with Gasteiger partial charge >= 0.3 is 6.09 Å². The normalized spacial score (nSPS) is 11.8. The van der Waals surface area contributed by atoms with Crippen molar-refractivity contribution in [1.82, 2.24) is 0 Å². The van der Waals surface area contributed by atoms with Gasteiger partial charge in [0, 0.05) is 11.4 Å². The first-order valence-electron chi connectivity index (χ1n) is 6.64. The minimum Gasteiger partial charge on any atom is -0.452 e. The van der Waals surface area contributed by atoms with Crippen LogP contribution in [0.4, 0.5) is 16.2 Å². The highest BCUT2D eigenvalue weighted by atomic mass is 79.9. The van der Waals surface area contributed by atoms with Gasteiger partial charge in [-0.2, -0.15) is 0 Å². The van der Waals surface area contributed by atoms with Crippen molar-refractivity contribution in [1.29, 1.82) is 0 Å². The van der Waals surface area contributed by atoms with Gasteiger partial charge in [-0.15, -0.1) is 0 Å². The summed E-state index contributed by atoms with van der Waals surface area (Å²) in [5.74, 6) is 0.843. The van der Waals surface area contributed by atoms with Crippen molar-refractivity contribution in [3.8, 4) is 0 Å². The standard InChI is InChI=1S/C15H17BrN2O3/c1-3-20-15(19)18-12-6-4-11(5-7-12)17-10(2)13-8-9-14(16)21-13/h4-10,17H,3H2,1-2H3,(H,18,19). The van der Waals surface area contributed by atoms with E-state index >= 15 is 0 Å². The summed E-state index contributed by atoms with van der Waals surface area (Å²) in [7, 11) is 0. The third-order valence-corrected chi connectivity index (χ3v) is 3.24. The van der Waals surface area contributed by atoms with Gasteiger partial charge in [0.15, 0.2) is 4.67 Å². The topological polar surface area (TPSA) is 63.5 Å². The van der Waals surface area contributed by atoms with Crippen LogP contribution in [-0.4, -0.2) is 12.7 Å². The minimum absolute atomic E-state index is 0.0418. The Bertz CT molecular complexity index is 595. The highest BCUT2D eigenvalue weighted by Gasteiger charge is 2.09. The molecule has 0 aliphatic heterocycles. The van der Waals surface area contributed by atoms with Gasteiger partial charge in [-0.3, -0.25) is 5.32 Å². The van der Waals surface area contributed by atoms with E-state index in [4.69, 9.17) is 9.15 Å². The predicted octanol–water partition coefficient (Wildman–Crippen LogP) is 4.78. The Morgan fingerprint density at radius 3 is 2.48 bits per heavy atom. The van der Waals surface area contributed by atoms with Gasteiger partial charge in [0.2, 0.25) is 0 Å². The van der Waals surface area contributed by atoms with Gasteiger partial charge in [-0.25, -0.2) is 4.79 Å². The smallest absolute Gasteiger partial charge is 0.411 e. The number of ether oxygens (including phenoxy) is 1. The number of halogens is 1. The number of nitrogens with one attached hydrogen (secondary N) is 2. The zero-order valence-corrected chi connectivity index (χ0v) is 13.4. The maximum absolute atomic E-state index is 11.3. The van der Waals surface area contributed by atoms with Crippen molar-refractivity contribution in [3.63, 3.8) is 0 Å². The van der Waals surface area contributed by atoms with Crippen LogP contribution in [0.5, 0.6) is 0 Å². The molecule has 1 amide bonds. The van der Waals surface area contributed by atoms with Crippen molar-refractivity contribution in [2.45, 2.75) is 19.9 Å². The number of anilines is 2. The third kappa shape index (κ3) is 4.53. The van der Waals surface area contributed by atoms with E-state index in [-0.39, 0.29) is 6.04 Å². The molecule has 1 heterocycles. The van der Waals surface area contributed by atoms with Crippen LogP contribution in [0.1, 0.15) is 25.6 Å². The van der Waals surface area contributed by atoms with Gasteiger partial charge in [-0.05, 0) is 66.2 Å². The molecule has 0 aliphatic carbocycles. The minimum atomic E-state index is -0.452. The molecule has 1 aromatic carbocycles. The first kappa shape index (κ1) is 15.4. The molecule has 0 radical (unpaired) electrons. The first-order chi connectivity index (χ1) is 10.1. The van der Waals surface area contributed by atoms with Crippen molar-refractivity contribution in [3.05, 3.63) is 46.8 Å². The van der Waals surface area contributed by atoms with E-state index in [1.165, 1.54) is 0 Å². The van der Waals surface area contributed by atoms with Gasteiger partial charge < -0.3 is 14.5 Å². The molecular weight excluding hydrogens is 336 g/mol. The lowest BCUT2D eigenvalue weighted by molar-refractivity contribution is 0.168. The molecule has 2 rings (SSSR count). The third-order valence-electron chi connectivity index (χ3n) is 2.81. The van der Waals surface area contributed by atoms with Gasteiger partial charge in [0.05, 0.1) is 12.6 Å². The molecule has 1 unspecified atom stereocenters. The number of amides is 1. The van der Waals surface area contributed by atoms with E-state index in [0.29, 0.717) is 17.0 Å². The lowest BCUT2D eigenvalue weighted by Gasteiger charge is -2.13. The number of rotatable bonds is 5. The summed E-state index contributed by atoms with van der Waals surface area (Å²) in [5.41, 5.74) is 1.62. The highest BCUT2D eigenvalue weighted by molar-refractivity contribution is 9.10. The molecule has 112 valence electrons. The Morgan fingerprint density at radius 1 is 1.24 bits per heavy atom. The van der Waals surface area contributed by atoms with Crippen LogP contribution in [0.15, 0.2) is 45.5 Å². The molecule has 2 aromatic rings. The monoisotopic (exact) mass is 352 g/mol. The van der Waals surface area contributed by atoms with Crippen molar-refractivity contribution in [2.75, 3.05) is 17.2 Å². The van der Waals surface area contributed by atoms with Crippen LogP contribution in [0.2, 0.25) is 0 Å². The molecule has 6 heteroatoms. The molecule has 1 atom stereocenters. The Labute approximate surface area is 131 Å². The summed E-state index contributed by atoms with van der Waals surface area (Å²) in [6.45, 7) is 4.12. The molecule has 0 bridgehead atoms. The van der Waals surface area contributed by atoms with Crippen molar-refractivity contribution < 1.29 is 13.9 Å². The van der Waals surface area contributed by atoms with Crippen LogP contribution >= 0.6 is 15.9 Å². The second kappa shape index (κ2) is 7.17. The summed E-state index contributed by atoms with van der Waals surface area (Å²) in [6.07, 6.45) is -0.452. The lowest BCUT2D eigenvalue weighted by atomic mass is 10.2. The number of carbonyl (C=O) groups excluding carboxylic acids is 1. The molecule has 2 N–H and O–H groups in total. The fraction of sp³-hybridized carbons (Fsp3) is 0.267. The summed E-state index contributed by atoms with van der Waals surface area (Å²) in [5, 5.41) is 5.96. The van der Waals surface area contributed by atoms with Crippen LogP contribution < -0.4 is 10.6 Å². The van der Waals surface area contributed by atoms with E-state index in [0.717, 1.165) is 11.4 Å². The number of furan rings is 1. The van der Waals surface area contributed by atoms with Crippen LogP contribution in [0.25, 0.3) is 0 Å². The largest absolute Gasteiger partial charge is 0.452 e. The fourth-order valence-corrected chi connectivity index (χ4v) is 2.14. The number of hydrogen-bond donors (Lipinski definition) is 2. The van der Waals surface area contributed by atoms with E-state index in [2.05, 4.69) is 26.6 Å². The van der Waals surface area contributed by atoms with E-state index < -0.39 is 6.09 Å². The fourth-order valence-electron chi connectivity index (χ4n) is 1.82. The average molecular weight is 353 g/mol. The molecule has 0 saturated heterocycles. The molecule has 0 spiro atoms. The second-order valence-electron chi connectivity index (χ2n) is 4.43. The number of hydrogen-bond acceptors (Lipinski definition) is 4. The molecule has 0 fully saturated rings. The summed E-state index contributed by atoms with van der Waals surface area (Å²) in [6, 6.07) is 11.2. The van der Waals surface area contributed by atoms with Crippen molar-refractivity contribution in [2.24, 2.45) is 0 Å².